The molecule has 4 N–H and O–H groups in total. The maximum Gasteiger partial charge on any atom is 0.331 e. The number of nitrogen functional groups attached to an aromatic ring is 1. The number of hydrazine groups is 1. The fraction of sp³-hybridized carbons (Fsp3) is 0.375. The summed E-state index contributed by atoms with van der Waals surface area (Å²) < 4.78 is 5.07. The van der Waals surface area contributed by atoms with Gasteiger partial charge in [0.25, 0.3) is 5.88 Å². The van der Waals surface area contributed by atoms with Gasteiger partial charge in [-0.1, -0.05) is 0 Å². The van der Waals surface area contributed by atoms with E-state index in [2.05, 4.69) is 10.4 Å². The lowest BCUT2D eigenvalue weighted by Gasteiger charge is -2.06. The number of nitrogens with two attached hydrogens (primary N) is 1. The number of ether oxygens (including phenoxy) is 1. The molecule has 88 valence electrons. The van der Waals surface area contributed by atoms with Gasteiger partial charge >= 0.3 is 5.69 Å². The summed E-state index contributed by atoms with van der Waals surface area (Å²) in [4.78, 5) is 13.8. The first-order chi connectivity index (χ1) is 7.69. The smallest absolute Gasteiger partial charge is 0.331 e. The van der Waals surface area contributed by atoms with E-state index in [4.69, 9.17) is 15.7 Å². The largest absolute Gasteiger partial charge is 0.473 e. The predicted octanol–water partition coefficient (Wildman–Crippen LogP) is 0.0366. The summed E-state index contributed by atoms with van der Waals surface area (Å²) in [6.45, 7) is 0.0982. The Labute approximate surface area is 91.2 Å². The third kappa shape index (κ3) is 3.04. The molecule has 0 aliphatic carbocycles. The van der Waals surface area contributed by atoms with Crippen LogP contribution in [-0.2, 0) is 0 Å². The second kappa shape index (κ2) is 5.83. The third-order valence-electron chi connectivity index (χ3n) is 1.73. The van der Waals surface area contributed by atoms with Crippen LogP contribution >= 0.6 is 0 Å². The molecule has 0 aliphatic rings. The number of aliphatic hydroxyl groups excluding tert-OH is 1. The van der Waals surface area contributed by atoms with Gasteiger partial charge in [-0.2, -0.15) is 4.98 Å². The van der Waals surface area contributed by atoms with Crippen molar-refractivity contribution in [3.05, 3.63) is 22.2 Å². The number of aliphatic hydroxyl groups is 1. The van der Waals surface area contributed by atoms with E-state index in [-0.39, 0.29) is 30.6 Å². The van der Waals surface area contributed by atoms with Gasteiger partial charge in [-0.25, -0.2) is 5.84 Å². The van der Waals surface area contributed by atoms with Crippen LogP contribution in [0.5, 0.6) is 5.88 Å². The molecule has 0 fully saturated rings. The number of anilines is 1. The summed E-state index contributed by atoms with van der Waals surface area (Å²) in [5, 5.41) is 19.2. The number of pyridine rings is 1. The van der Waals surface area contributed by atoms with Crippen molar-refractivity contribution >= 4 is 11.5 Å². The lowest BCUT2D eigenvalue weighted by molar-refractivity contribution is -0.386. The van der Waals surface area contributed by atoms with E-state index in [1.807, 2.05) is 0 Å². The van der Waals surface area contributed by atoms with Crippen LogP contribution in [0.15, 0.2) is 12.1 Å². The van der Waals surface area contributed by atoms with E-state index in [0.29, 0.717) is 6.42 Å². The van der Waals surface area contributed by atoms with Crippen molar-refractivity contribution in [2.45, 2.75) is 6.42 Å². The van der Waals surface area contributed by atoms with Crippen LogP contribution in [-0.4, -0.2) is 28.2 Å². The highest BCUT2D eigenvalue weighted by Gasteiger charge is 2.17. The molecule has 1 rings (SSSR count). The molecule has 1 heterocycles. The molecule has 0 aliphatic heterocycles. The third-order valence-corrected chi connectivity index (χ3v) is 1.73. The van der Waals surface area contributed by atoms with Crippen molar-refractivity contribution in [1.29, 1.82) is 0 Å². The molecule has 0 amide bonds. The van der Waals surface area contributed by atoms with E-state index in [1.54, 1.807) is 0 Å². The Morgan fingerprint density at radius 2 is 2.38 bits per heavy atom. The van der Waals surface area contributed by atoms with Gasteiger partial charge in [-0.15, -0.1) is 0 Å². The quantitative estimate of drug-likeness (QED) is 0.271. The van der Waals surface area contributed by atoms with E-state index >= 15 is 0 Å². The Hall–Kier alpha value is -1.93. The molecule has 1 aromatic heterocycles. The summed E-state index contributed by atoms with van der Waals surface area (Å²) >= 11 is 0. The number of nitro groups is 1. The zero-order valence-electron chi connectivity index (χ0n) is 8.42. The molecule has 8 heteroatoms. The summed E-state index contributed by atoms with van der Waals surface area (Å²) in [5.41, 5.74) is 2.02. The minimum absolute atomic E-state index is 0.0529. The molecule has 0 saturated carbocycles. The van der Waals surface area contributed by atoms with Gasteiger partial charge in [-0.3, -0.25) is 10.1 Å². The maximum absolute atomic E-state index is 10.6. The summed E-state index contributed by atoms with van der Waals surface area (Å²) in [7, 11) is 0. The number of nitrogens with zero attached hydrogens (tertiary/aromatic N) is 2. The zero-order chi connectivity index (χ0) is 12.0. The second-order valence-corrected chi connectivity index (χ2v) is 2.85. The molecule has 16 heavy (non-hydrogen) atoms. The van der Waals surface area contributed by atoms with Crippen LogP contribution in [0.2, 0.25) is 0 Å². The zero-order valence-corrected chi connectivity index (χ0v) is 8.42. The minimum Gasteiger partial charge on any atom is -0.473 e. The number of nitrogens with one attached hydrogen (secondary N) is 1. The van der Waals surface area contributed by atoms with Crippen molar-refractivity contribution in [3.63, 3.8) is 0 Å². The minimum atomic E-state index is -0.596. The Morgan fingerprint density at radius 3 is 2.94 bits per heavy atom. The predicted molar refractivity (Wildman–Crippen MR) is 55.9 cm³/mol. The van der Waals surface area contributed by atoms with Gasteiger partial charge in [-0.05, 0) is 6.07 Å². The molecule has 8 nitrogen and oxygen atoms in total. The highest BCUT2D eigenvalue weighted by Crippen LogP contribution is 2.25. The van der Waals surface area contributed by atoms with Crippen LogP contribution in [0.25, 0.3) is 0 Å². The van der Waals surface area contributed by atoms with Crippen LogP contribution in [0, 0.1) is 10.1 Å². The second-order valence-electron chi connectivity index (χ2n) is 2.85. The van der Waals surface area contributed by atoms with Gasteiger partial charge in [0.15, 0.2) is 0 Å². The van der Waals surface area contributed by atoms with Gasteiger partial charge in [0.05, 0.1) is 11.5 Å². The lowest BCUT2D eigenvalue weighted by atomic mass is 10.4. The topological polar surface area (TPSA) is 124 Å². The first-order valence-corrected chi connectivity index (χ1v) is 4.54. The maximum atomic E-state index is 10.6. The van der Waals surface area contributed by atoms with E-state index in [0.717, 1.165) is 0 Å². The molecule has 0 saturated heterocycles. The van der Waals surface area contributed by atoms with E-state index < -0.39 is 4.92 Å². The number of hydrogen-bond donors (Lipinski definition) is 3. The Kier molecular flexibility index (Phi) is 4.42. The van der Waals surface area contributed by atoms with Crippen molar-refractivity contribution < 1.29 is 14.8 Å². The number of aromatic nitrogens is 1. The molecule has 0 unspecified atom stereocenters. The van der Waals surface area contributed by atoms with E-state index in [1.165, 1.54) is 12.1 Å². The normalized spacial score (nSPS) is 9.88. The van der Waals surface area contributed by atoms with E-state index in [9.17, 15) is 10.1 Å². The summed E-state index contributed by atoms with van der Waals surface area (Å²) in [6.07, 6.45) is 0.374. The first kappa shape index (κ1) is 12.1. The van der Waals surface area contributed by atoms with Crippen molar-refractivity contribution in [2.24, 2.45) is 5.84 Å². The van der Waals surface area contributed by atoms with Gasteiger partial charge in [0, 0.05) is 19.1 Å². The average molecular weight is 228 g/mol. The highest BCUT2D eigenvalue weighted by atomic mass is 16.6. The van der Waals surface area contributed by atoms with Crippen LogP contribution in [0.4, 0.5) is 11.5 Å². The fourth-order valence-corrected chi connectivity index (χ4v) is 0.992. The molecule has 0 atom stereocenters. The van der Waals surface area contributed by atoms with Crippen LogP contribution in [0.1, 0.15) is 6.42 Å². The summed E-state index contributed by atoms with van der Waals surface area (Å²) in [5.74, 6) is 5.27. The average Bonchev–Trinajstić information content (AvgIpc) is 2.29. The summed E-state index contributed by atoms with van der Waals surface area (Å²) in [6, 6.07) is 2.62. The SMILES string of the molecule is NNc1ccc([N+](=O)[O-])c(OCCCO)n1. The van der Waals surface area contributed by atoms with Crippen molar-refractivity contribution in [1.82, 2.24) is 4.98 Å². The first-order valence-electron chi connectivity index (χ1n) is 4.54. The van der Waals surface area contributed by atoms with Crippen molar-refractivity contribution in [2.75, 3.05) is 18.6 Å². The number of rotatable bonds is 6. The fourth-order valence-electron chi connectivity index (χ4n) is 0.992. The Balaban J connectivity index is 2.87. The van der Waals surface area contributed by atoms with Crippen LogP contribution in [0.3, 0.4) is 0 Å². The Morgan fingerprint density at radius 1 is 1.62 bits per heavy atom. The standard InChI is InChI=1S/C8H12N4O4/c9-11-7-3-2-6(12(14)15)8(10-7)16-5-1-4-13/h2-3,13H,1,4-5,9H2,(H,10,11). The monoisotopic (exact) mass is 228 g/mol. The van der Waals surface area contributed by atoms with Gasteiger partial charge < -0.3 is 15.3 Å². The molecule has 0 radical (unpaired) electrons. The van der Waals surface area contributed by atoms with Crippen molar-refractivity contribution in [3.8, 4) is 5.88 Å². The highest BCUT2D eigenvalue weighted by molar-refractivity contribution is 5.48. The molecular formula is C8H12N4O4. The van der Waals surface area contributed by atoms with Crippen LogP contribution < -0.4 is 16.0 Å². The molecule has 0 aromatic carbocycles. The Bertz CT molecular complexity index is 371. The molecular weight excluding hydrogens is 216 g/mol. The molecule has 0 bridgehead atoms. The van der Waals surface area contributed by atoms with Gasteiger partial charge in [0.1, 0.15) is 5.82 Å². The molecule has 0 spiro atoms. The lowest BCUT2D eigenvalue weighted by Crippen LogP contribution is -2.10. The molecule has 1 aromatic rings. The number of hydrogen-bond acceptors (Lipinski definition) is 7. The van der Waals surface area contributed by atoms with Gasteiger partial charge in [0.2, 0.25) is 0 Å².